The highest BCUT2D eigenvalue weighted by atomic mass is 16.5. The molecule has 0 saturated heterocycles. The van der Waals surface area contributed by atoms with Crippen LogP contribution < -0.4 is 9.47 Å². The summed E-state index contributed by atoms with van der Waals surface area (Å²) in [7, 11) is 0. The molecule has 0 fully saturated rings. The molecule has 4 aromatic carbocycles. The molecular weight excluding hydrogens is 416 g/mol. The average molecular weight is 438 g/mol. The van der Waals surface area contributed by atoms with Crippen molar-refractivity contribution in [1.82, 2.24) is 0 Å². The summed E-state index contributed by atoms with van der Waals surface area (Å²) >= 11 is 0. The second kappa shape index (κ2) is 8.73. The van der Waals surface area contributed by atoms with Gasteiger partial charge in [0.1, 0.15) is 23.0 Å². The normalized spacial score (nSPS) is 15.0. The highest BCUT2D eigenvalue weighted by molar-refractivity contribution is 5.74. The summed E-state index contributed by atoms with van der Waals surface area (Å²) in [5, 5.41) is 31.0. The summed E-state index contributed by atoms with van der Waals surface area (Å²) in [6.45, 7) is 0. The minimum absolute atomic E-state index is 0.0286. The molecule has 2 aliphatic heterocycles. The molecule has 0 saturated carbocycles. The van der Waals surface area contributed by atoms with Gasteiger partial charge in [0.15, 0.2) is 11.5 Å². The molecule has 33 heavy (non-hydrogen) atoms. The molecule has 1 unspecified atom stereocenters. The van der Waals surface area contributed by atoms with Gasteiger partial charge in [-0.25, -0.2) is 0 Å². The van der Waals surface area contributed by atoms with Crippen LogP contribution in [0.5, 0.6) is 34.5 Å². The summed E-state index contributed by atoms with van der Waals surface area (Å²) in [6, 6.07) is 24.7. The number of phenolic OH excluding ortho intramolecular Hbond substituents is 2. The zero-order valence-electron chi connectivity index (χ0n) is 17.7. The van der Waals surface area contributed by atoms with Crippen LogP contribution >= 0.6 is 0 Å². The molecule has 164 valence electrons. The summed E-state index contributed by atoms with van der Waals surface area (Å²) < 4.78 is 12.0. The second-order valence-electron chi connectivity index (χ2n) is 7.92. The van der Waals surface area contributed by atoms with Crippen molar-refractivity contribution in [2.24, 2.45) is 0 Å². The maximum absolute atomic E-state index is 10.8. The highest BCUT2D eigenvalue weighted by Crippen LogP contribution is 2.35. The topological polar surface area (TPSA) is 79.2 Å². The number of phenols is 2. The maximum atomic E-state index is 10.8. The molecule has 6 rings (SSSR count). The largest absolute Gasteiger partial charge is 0.508 e. The fraction of sp³-hybridized carbons (Fsp3) is 0.0714. The smallest absolute Gasteiger partial charge is 0.169 e. The molecule has 6 bridgehead atoms. The van der Waals surface area contributed by atoms with Crippen molar-refractivity contribution in [3.05, 3.63) is 107 Å². The lowest BCUT2D eigenvalue weighted by Crippen LogP contribution is -2.02. The van der Waals surface area contributed by atoms with E-state index in [1.807, 2.05) is 60.7 Å². The van der Waals surface area contributed by atoms with Gasteiger partial charge >= 0.3 is 0 Å². The van der Waals surface area contributed by atoms with E-state index < -0.39 is 6.10 Å². The predicted molar refractivity (Wildman–Crippen MR) is 127 cm³/mol. The number of aliphatic hydroxyl groups is 1. The van der Waals surface area contributed by atoms with Crippen LogP contribution in [-0.2, 0) is 6.42 Å². The van der Waals surface area contributed by atoms with Crippen LogP contribution in [0.3, 0.4) is 0 Å². The lowest BCUT2D eigenvalue weighted by molar-refractivity contribution is 0.178. The molecule has 0 amide bonds. The number of benzene rings is 4. The molecule has 0 aliphatic carbocycles. The van der Waals surface area contributed by atoms with Crippen molar-refractivity contribution >= 4 is 12.2 Å². The Bertz CT molecular complexity index is 1320. The molecule has 0 radical (unpaired) electrons. The highest BCUT2D eigenvalue weighted by Gasteiger charge is 2.13. The molecule has 2 aliphatic rings. The fourth-order valence-corrected chi connectivity index (χ4v) is 3.74. The number of ether oxygens (including phenoxy) is 2. The molecule has 5 heteroatoms. The van der Waals surface area contributed by atoms with Crippen LogP contribution in [0.4, 0.5) is 0 Å². The number of fused-ring (bicyclic) bond motifs is 3. The Morgan fingerprint density at radius 2 is 1.52 bits per heavy atom. The zero-order chi connectivity index (χ0) is 22.8. The van der Waals surface area contributed by atoms with Crippen molar-refractivity contribution in [2.45, 2.75) is 12.5 Å². The third-order valence-corrected chi connectivity index (χ3v) is 5.48. The van der Waals surface area contributed by atoms with Gasteiger partial charge in [-0.15, -0.1) is 0 Å². The van der Waals surface area contributed by atoms with Crippen molar-refractivity contribution in [1.29, 1.82) is 0 Å². The lowest BCUT2D eigenvalue weighted by atomic mass is 10.0. The molecule has 0 aromatic heterocycles. The number of rotatable bonds is 0. The van der Waals surface area contributed by atoms with Crippen LogP contribution in [0.15, 0.2) is 84.9 Å². The van der Waals surface area contributed by atoms with Gasteiger partial charge in [0.2, 0.25) is 0 Å². The SMILES string of the molecule is Oc1ccc2c(c1)C=Cc1ccc(O)c(c1)Oc1ccc(cc1)CC(O)c1cccc(c1)O2. The maximum Gasteiger partial charge on any atom is 0.169 e. The van der Waals surface area contributed by atoms with Crippen LogP contribution in [0.1, 0.15) is 28.4 Å². The Labute approximate surface area is 191 Å². The van der Waals surface area contributed by atoms with E-state index in [0.717, 1.165) is 16.7 Å². The van der Waals surface area contributed by atoms with E-state index in [0.29, 0.717) is 35.0 Å². The van der Waals surface area contributed by atoms with E-state index in [4.69, 9.17) is 9.47 Å². The fourth-order valence-electron chi connectivity index (χ4n) is 3.74. The van der Waals surface area contributed by atoms with Crippen LogP contribution in [0.25, 0.3) is 12.2 Å². The zero-order valence-corrected chi connectivity index (χ0v) is 17.7. The Balaban J connectivity index is 1.61. The van der Waals surface area contributed by atoms with Gasteiger partial charge in [-0.2, -0.15) is 0 Å². The molecule has 2 heterocycles. The van der Waals surface area contributed by atoms with Gasteiger partial charge in [-0.05, 0) is 71.3 Å². The first-order valence-corrected chi connectivity index (χ1v) is 10.6. The van der Waals surface area contributed by atoms with Gasteiger partial charge in [0.05, 0.1) is 6.10 Å². The lowest BCUT2D eigenvalue weighted by Gasteiger charge is -2.15. The van der Waals surface area contributed by atoms with Gasteiger partial charge < -0.3 is 24.8 Å². The predicted octanol–water partition coefficient (Wildman–Crippen LogP) is 6.44. The first-order chi connectivity index (χ1) is 16.0. The first kappa shape index (κ1) is 20.7. The number of hydrogen-bond donors (Lipinski definition) is 3. The summed E-state index contributed by atoms with van der Waals surface area (Å²) in [4.78, 5) is 0. The molecule has 1 atom stereocenters. The summed E-state index contributed by atoms with van der Waals surface area (Å²) in [5.41, 5.74) is 3.17. The first-order valence-electron chi connectivity index (χ1n) is 10.6. The third kappa shape index (κ3) is 4.68. The summed E-state index contributed by atoms with van der Waals surface area (Å²) in [6.07, 6.45) is 3.39. The van der Waals surface area contributed by atoms with E-state index >= 15 is 0 Å². The quantitative estimate of drug-likeness (QED) is 0.294. The van der Waals surface area contributed by atoms with E-state index in [1.165, 1.54) is 0 Å². The Hall–Kier alpha value is -4.22. The van der Waals surface area contributed by atoms with E-state index in [9.17, 15) is 15.3 Å². The minimum Gasteiger partial charge on any atom is -0.508 e. The standard InChI is InChI=1S/C28H22O5/c29-22-9-13-27-21(16-22)8-4-19-7-12-25(30)28(15-19)32-23-10-5-18(6-11-23)14-26(31)20-2-1-3-24(17-20)33-27/h1-13,15-17,26,29-31H,14H2. The summed E-state index contributed by atoms with van der Waals surface area (Å²) in [5.74, 6) is 2.20. The molecular formula is C28H22O5. The number of aliphatic hydroxyl groups excluding tert-OH is 1. The van der Waals surface area contributed by atoms with Crippen LogP contribution in [0.2, 0.25) is 0 Å². The molecule has 3 N–H and O–H groups in total. The Morgan fingerprint density at radius 1 is 0.697 bits per heavy atom. The van der Waals surface area contributed by atoms with E-state index in [-0.39, 0.29) is 11.5 Å². The Kier molecular flexibility index (Phi) is 5.47. The van der Waals surface area contributed by atoms with E-state index in [2.05, 4.69) is 0 Å². The second-order valence-corrected chi connectivity index (χ2v) is 7.92. The molecule has 4 aromatic rings. The van der Waals surface area contributed by atoms with Gasteiger partial charge in [0, 0.05) is 12.0 Å². The molecule has 5 nitrogen and oxygen atoms in total. The van der Waals surface area contributed by atoms with E-state index in [1.54, 1.807) is 36.4 Å². The van der Waals surface area contributed by atoms with Gasteiger partial charge in [-0.1, -0.05) is 42.5 Å². The van der Waals surface area contributed by atoms with Crippen LogP contribution in [-0.4, -0.2) is 15.3 Å². The van der Waals surface area contributed by atoms with Crippen molar-refractivity contribution in [3.63, 3.8) is 0 Å². The van der Waals surface area contributed by atoms with Gasteiger partial charge in [0.25, 0.3) is 0 Å². The average Bonchev–Trinajstić information content (AvgIpc) is 2.82. The van der Waals surface area contributed by atoms with Crippen molar-refractivity contribution in [3.8, 4) is 34.5 Å². The minimum atomic E-state index is -0.709. The third-order valence-electron chi connectivity index (χ3n) is 5.48. The monoisotopic (exact) mass is 438 g/mol. The van der Waals surface area contributed by atoms with Crippen LogP contribution in [0, 0.1) is 0 Å². The van der Waals surface area contributed by atoms with Crippen molar-refractivity contribution < 1.29 is 24.8 Å². The Morgan fingerprint density at radius 3 is 2.36 bits per heavy atom. The van der Waals surface area contributed by atoms with Crippen molar-refractivity contribution in [2.75, 3.05) is 0 Å². The number of aromatic hydroxyl groups is 2. The molecule has 0 spiro atoms. The van der Waals surface area contributed by atoms with Gasteiger partial charge in [-0.3, -0.25) is 0 Å². The number of hydrogen-bond acceptors (Lipinski definition) is 5.